The summed E-state index contributed by atoms with van der Waals surface area (Å²) in [7, 11) is 0. The molecule has 1 aliphatic rings. The number of ether oxygens (including phenoxy) is 1. The molecule has 0 aromatic carbocycles. The van der Waals surface area contributed by atoms with E-state index >= 15 is 0 Å². The number of rotatable bonds is 5. The number of hydrogen-bond acceptors (Lipinski definition) is 3. The van der Waals surface area contributed by atoms with E-state index < -0.39 is 18.0 Å². The molecule has 3 unspecified atom stereocenters. The first-order valence-corrected chi connectivity index (χ1v) is 6.05. The topological polar surface area (TPSA) is 87.7 Å². The number of carbonyl (C=O) groups excluding carboxylic acids is 1. The molecule has 2 amide bonds. The molecule has 1 aliphatic heterocycles. The van der Waals surface area contributed by atoms with Crippen molar-refractivity contribution in [2.24, 2.45) is 0 Å². The summed E-state index contributed by atoms with van der Waals surface area (Å²) in [5.41, 5.74) is 0. The minimum Gasteiger partial charge on any atom is -0.480 e. The van der Waals surface area contributed by atoms with Gasteiger partial charge in [-0.3, -0.25) is 0 Å². The molecule has 1 heterocycles. The maximum absolute atomic E-state index is 11.6. The van der Waals surface area contributed by atoms with Crippen LogP contribution in [0.3, 0.4) is 0 Å². The molecular weight excluding hydrogens is 236 g/mol. The fourth-order valence-corrected chi connectivity index (χ4v) is 1.90. The van der Waals surface area contributed by atoms with E-state index in [4.69, 9.17) is 9.84 Å². The van der Waals surface area contributed by atoms with Gasteiger partial charge in [-0.25, -0.2) is 9.59 Å². The molecule has 0 aliphatic carbocycles. The first-order chi connectivity index (χ1) is 8.52. The third-order valence-corrected chi connectivity index (χ3v) is 2.83. The third kappa shape index (κ3) is 4.75. The number of aliphatic carboxylic acids is 1. The van der Waals surface area contributed by atoms with Crippen molar-refractivity contribution < 1.29 is 19.4 Å². The molecule has 0 spiro atoms. The summed E-state index contributed by atoms with van der Waals surface area (Å²) in [6.45, 7) is 6.02. The van der Waals surface area contributed by atoms with E-state index in [9.17, 15) is 9.59 Å². The van der Waals surface area contributed by atoms with E-state index in [-0.39, 0.29) is 18.6 Å². The lowest BCUT2D eigenvalue weighted by molar-refractivity contribution is -0.139. The van der Waals surface area contributed by atoms with Crippen LogP contribution in [0.4, 0.5) is 4.79 Å². The van der Waals surface area contributed by atoms with Crippen molar-refractivity contribution in [3.8, 4) is 0 Å². The SMILES string of the molecule is C=CCC(NC(=O)NC1CCOC(C)C1)C(=O)O. The fourth-order valence-electron chi connectivity index (χ4n) is 1.90. The Balaban J connectivity index is 2.39. The molecule has 0 bridgehead atoms. The Kier molecular flexibility index (Phi) is 5.64. The van der Waals surface area contributed by atoms with Crippen molar-refractivity contribution in [2.75, 3.05) is 6.61 Å². The summed E-state index contributed by atoms with van der Waals surface area (Å²) in [6, 6.07) is -1.35. The summed E-state index contributed by atoms with van der Waals surface area (Å²) in [5.74, 6) is -1.06. The van der Waals surface area contributed by atoms with Gasteiger partial charge in [-0.15, -0.1) is 6.58 Å². The highest BCUT2D eigenvalue weighted by atomic mass is 16.5. The van der Waals surface area contributed by atoms with Gasteiger partial charge in [0.2, 0.25) is 0 Å². The monoisotopic (exact) mass is 256 g/mol. The predicted molar refractivity (Wildman–Crippen MR) is 66.3 cm³/mol. The van der Waals surface area contributed by atoms with Crippen molar-refractivity contribution in [1.82, 2.24) is 10.6 Å². The van der Waals surface area contributed by atoms with E-state index in [0.29, 0.717) is 6.61 Å². The van der Waals surface area contributed by atoms with Crippen molar-refractivity contribution in [1.29, 1.82) is 0 Å². The Bertz CT molecular complexity index is 319. The zero-order chi connectivity index (χ0) is 13.5. The third-order valence-electron chi connectivity index (χ3n) is 2.83. The lowest BCUT2D eigenvalue weighted by atomic mass is 10.0. The van der Waals surface area contributed by atoms with E-state index in [1.165, 1.54) is 6.08 Å². The molecule has 1 saturated heterocycles. The average molecular weight is 256 g/mol. The van der Waals surface area contributed by atoms with E-state index in [1.807, 2.05) is 6.92 Å². The molecule has 6 nitrogen and oxygen atoms in total. The quantitative estimate of drug-likeness (QED) is 0.637. The van der Waals surface area contributed by atoms with Crippen LogP contribution < -0.4 is 10.6 Å². The van der Waals surface area contributed by atoms with Crippen molar-refractivity contribution in [3.63, 3.8) is 0 Å². The normalized spacial score (nSPS) is 24.9. The summed E-state index contributed by atoms with van der Waals surface area (Å²) in [5, 5.41) is 14.1. The van der Waals surface area contributed by atoms with Gasteiger partial charge in [0.25, 0.3) is 0 Å². The number of nitrogens with one attached hydrogen (secondary N) is 2. The minimum absolute atomic E-state index is 0.0342. The van der Waals surface area contributed by atoms with E-state index in [1.54, 1.807) is 0 Å². The van der Waals surface area contributed by atoms with Gasteiger partial charge in [0.05, 0.1) is 6.10 Å². The Hall–Kier alpha value is -1.56. The van der Waals surface area contributed by atoms with Gasteiger partial charge in [0, 0.05) is 12.6 Å². The second kappa shape index (κ2) is 7.00. The fraction of sp³-hybridized carbons (Fsp3) is 0.667. The first-order valence-electron chi connectivity index (χ1n) is 6.05. The lowest BCUT2D eigenvalue weighted by Crippen LogP contribution is -2.50. The van der Waals surface area contributed by atoms with Gasteiger partial charge < -0.3 is 20.5 Å². The highest BCUT2D eigenvalue weighted by Gasteiger charge is 2.23. The van der Waals surface area contributed by atoms with Gasteiger partial charge >= 0.3 is 12.0 Å². The smallest absolute Gasteiger partial charge is 0.326 e. The Morgan fingerprint density at radius 1 is 1.61 bits per heavy atom. The van der Waals surface area contributed by atoms with Gasteiger partial charge in [-0.05, 0) is 26.2 Å². The molecule has 1 fully saturated rings. The maximum atomic E-state index is 11.6. The van der Waals surface area contributed by atoms with Crippen molar-refractivity contribution in [2.45, 2.75) is 44.4 Å². The highest BCUT2D eigenvalue weighted by molar-refractivity contribution is 5.82. The molecule has 1 rings (SSSR count). The molecule has 18 heavy (non-hydrogen) atoms. The number of urea groups is 1. The number of amides is 2. The Morgan fingerprint density at radius 2 is 2.33 bits per heavy atom. The summed E-state index contributed by atoms with van der Waals surface area (Å²) in [6.07, 6.45) is 3.28. The van der Waals surface area contributed by atoms with Crippen molar-refractivity contribution in [3.05, 3.63) is 12.7 Å². The van der Waals surface area contributed by atoms with Crippen LogP contribution in [0.15, 0.2) is 12.7 Å². The van der Waals surface area contributed by atoms with E-state index in [2.05, 4.69) is 17.2 Å². The summed E-state index contributed by atoms with van der Waals surface area (Å²) in [4.78, 5) is 22.5. The molecular formula is C12H20N2O4. The van der Waals surface area contributed by atoms with Crippen LogP contribution in [-0.2, 0) is 9.53 Å². The minimum atomic E-state index is -1.06. The molecule has 0 radical (unpaired) electrons. The van der Waals surface area contributed by atoms with Crippen LogP contribution in [0, 0.1) is 0 Å². The number of carboxylic acid groups (broad SMARTS) is 1. The number of carboxylic acids is 1. The standard InChI is InChI=1S/C12H20N2O4/c1-3-4-10(11(15)16)14-12(17)13-9-5-6-18-8(2)7-9/h3,8-10H,1,4-7H2,2H3,(H,15,16)(H2,13,14,17). The zero-order valence-corrected chi connectivity index (χ0v) is 10.5. The van der Waals surface area contributed by atoms with Crippen LogP contribution in [0.5, 0.6) is 0 Å². The molecule has 0 saturated carbocycles. The molecule has 0 aromatic rings. The Labute approximate surface area is 106 Å². The van der Waals surface area contributed by atoms with Crippen molar-refractivity contribution >= 4 is 12.0 Å². The number of hydrogen-bond donors (Lipinski definition) is 3. The molecule has 0 aromatic heterocycles. The zero-order valence-electron chi connectivity index (χ0n) is 10.5. The highest BCUT2D eigenvalue weighted by Crippen LogP contribution is 2.12. The molecule has 6 heteroatoms. The van der Waals surface area contributed by atoms with Gasteiger partial charge in [-0.1, -0.05) is 6.08 Å². The Morgan fingerprint density at radius 3 is 2.89 bits per heavy atom. The lowest BCUT2D eigenvalue weighted by Gasteiger charge is -2.28. The average Bonchev–Trinajstić information content (AvgIpc) is 2.28. The van der Waals surface area contributed by atoms with Crippen LogP contribution >= 0.6 is 0 Å². The molecule has 102 valence electrons. The first kappa shape index (κ1) is 14.5. The summed E-state index contributed by atoms with van der Waals surface area (Å²) < 4.78 is 5.37. The van der Waals surface area contributed by atoms with Crippen LogP contribution in [0.25, 0.3) is 0 Å². The maximum Gasteiger partial charge on any atom is 0.326 e. The molecule has 3 N–H and O–H groups in total. The second-order valence-corrected chi connectivity index (χ2v) is 4.44. The summed E-state index contributed by atoms with van der Waals surface area (Å²) >= 11 is 0. The van der Waals surface area contributed by atoms with Gasteiger partial charge in [0.15, 0.2) is 0 Å². The second-order valence-electron chi connectivity index (χ2n) is 4.44. The predicted octanol–water partition coefficient (Wildman–Crippen LogP) is 0.882. The van der Waals surface area contributed by atoms with Gasteiger partial charge in [0.1, 0.15) is 6.04 Å². The largest absolute Gasteiger partial charge is 0.480 e. The van der Waals surface area contributed by atoms with Crippen LogP contribution in [-0.4, -0.2) is 41.9 Å². The van der Waals surface area contributed by atoms with Crippen LogP contribution in [0.2, 0.25) is 0 Å². The van der Waals surface area contributed by atoms with Gasteiger partial charge in [-0.2, -0.15) is 0 Å². The van der Waals surface area contributed by atoms with Crippen LogP contribution in [0.1, 0.15) is 26.2 Å². The number of carbonyl (C=O) groups is 2. The van der Waals surface area contributed by atoms with E-state index in [0.717, 1.165) is 12.8 Å². The molecule has 3 atom stereocenters.